The van der Waals surface area contributed by atoms with Crippen molar-refractivity contribution in [2.24, 2.45) is 5.41 Å². The molecule has 2 rings (SSSR count). The summed E-state index contributed by atoms with van der Waals surface area (Å²) in [4.78, 5) is 15.8. The molecule has 0 atom stereocenters. The van der Waals surface area contributed by atoms with Gasteiger partial charge in [0.05, 0.1) is 6.33 Å². The summed E-state index contributed by atoms with van der Waals surface area (Å²) in [5, 5.41) is 2.79. The highest BCUT2D eigenvalue weighted by Crippen LogP contribution is 2.50. The number of carbonyl (C=O) groups excluding carboxylic acids is 1. The molecule has 1 fully saturated rings. The van der Waals surface area contributed by atoms with Crippen LogP contribution in [0, 0.1) is 5.41 Å². The van der Waals surface area contributed by atoms with Gasteiger partial charge in [-0.25, -0.2) is 9.78 Å². The molecule has 1 heterocycles. The van der Waals surface area contributed by atoms with Crippen LogP contribution in [0.15, 0.2) is 12.5 Å². The molecule has 118 valence electrons. The maximum absolute atomic E-state index is 11.6. The molecule has 1 aliphatic rings. The van der Waals surface area contributed by atoms with Crippen LogP contribution in [-0.2, 0) is 17.7 Å². The van der Waals surface area contributed by atoms with Crippen molar-refractivity contribution >= 4 is 6.09 Å². The molecule has 1 aliphatic carbocycles. The lowest BCUT2D eigenvalue weighted by Crippen LogP contribution is -2.33. The molecule has 21 heavy (non-hydrogen) atoms. The topological polar surface area (TPSA) is 56.2 Å². The lowest BCUT2D eigenvalue weighted by atomic mass is 10.0. The van der Waals surface area contributed by atoms with Gasteiger partial charge in [-0.3, -0.25) is 0 Å². The molecule has 1 amide bonds. The predicted molar refractivity (Wildman–Crippen MR) is 82.1 cm³/mol. The van der Waals surface area contributed by atoms with Crippen molar-refractivity contribution in [2.45, 2.75) is 65.5 Å². The van der Waals surface area contributed by atoms with Gasteiger partial charge in [-0.2, -0.15) is 0 Å². The molecule has 1 aromatic rings. The van der Waals surface area contributed by atoms with E-state index in [0.717, 1.165) is 13.0 Å². The summed E-state index contributed by atoms with van der Waals surface area (Å²) in [5.74, 6) is 0. The van der Waals surface area contributed by atoms with Crippen LogP contribution in [0.25, 0.3) is 0 Å². The molecule has 0 spiro atoms. The van der Waals surface area contributed by atoms with Crippen molar-refractivity contribution in [1.29, 1.82) is 0 Å². The van der Waals surface area contributed by atoms with Crippen molar-refractivity contribution in [1.82, 2.24) is 14.9 Å². The van der Waals surface area contributed by atoms with Crippen LogP contribution in [0.1, 0.15) is 52.7 Å². The third-order valence-electron chi connectivity index (χ3n) is 4.06. The van der Waals surface area contributed by atoms with Crippen molar-refractivity contribution in [2.75, 3.05) is 6.54 Å². The molecule has 5 heteroatoms. The average Bonchev–Trinajstić information content (AvgIpc) is 3.01. The highest BCUT2D eigenvalue weighted by atomic mass is 16.6. The van der Waals surface area contributed by atoms with Gasteiger partial charge in [0.15, 0.2) is 0 Å². The van der Waals surface area contributed by atoms with Gasteiger partial charge < -0.3 is 14.6 Å². The average molecular weight is 293 g/mol. The molecule has 1 N–H and O–H groups in total. The van der Waals surface area contributed by atoms with E-state index in [1.807, 2.05) is 33.3 Å². The number of nitrogens with one attached hydrogen (secondary N) is 1. The van der Waals surface area contributed by atoms with Crippen LogP contribution in [0.4, 0.5) is 4.79 Å². The monoisotopic (exact) mass is 293 g/mol. The van der Waals surface area contributed by atoms with Crippen LogP contribution in [0.3, 0.4) is 0 Å². The summed E-state index contributed by atoms with van der Waals surface area (Å²) in [6.45, 7) is 9.46. The van der Waals surface area contributed by atoms with Crippen molar-refractivity contribution < 1.29 is 9.53 Å². The minimum Gasteiger partial charge on any atom is -0.444 e. The van der Waals surface area contributed by atoms with E-state index in [-0.39, 0.29) is 6.09 Å². The van der Waals surface area contributed by atoms with Crippen molar-refractivity contribution in [3.63, 3.8) is 0 Å². The SMILES string of the molecule is CCC1(Cn2cncc2CCNC(=O)OC(C)(C)C)CC1. The Kier molecular flexibility index (Phi) is 4.59. The quantitative estimate of drug-likeness (QED) is 0.876. The van der Waals surface area contributed by atoms with E-state index in [1.165, 1.54) is 25.0 Å². The first kappa shape index (κ1) is 15.9. The van der Waals surface area contributed by atoms with E-state index in [1.54, 1.807) is 0 Å². The lowest BCUT2D eigenvalue weighted by Gasteiger charge is -2.20. The molecule has 0 radical (unpaired) electrons. The summed E-state index contributed by atoms with van der Waals surface area (Å²) in [7, 11) is 0. The van der Waals surface area contributed by atoms with E-state index in [4.69, 9.17) is 4.74 Å². The highest BCUT2D eigenvalue weighted by Gasteiger charge is 2.41. The van der Waals surface area contributed by atoms with Crippen molar-refractivity contribution in [3.05, 3.63) is 18.2 Å². The molecular formula is C16H27N3O2. The number of aromatic nitrogens is 2. The fraction of sp³-hybridized carbons (Fsp3) is 0.750. The number of nitrogens with zero attached hydrogens (tertiary/aromatic N) is 2. The fourth-order valence-corrected chi connectivity index (χ4v) is 2.47. The summed E-state index contributed by atoms with van der Waals surface area (Å²) < 4.78 is 7.45. The van der Waals surface area contributed by atoms with Gasteiger partial charge in [-0.05, 0) is 45.4 Å². The molecule has 0 unspecified atom stereocenters. The van der Waals surface area contributed by atoms with E-state index in [0.29, 0.717) is 12.0 Å². The van der Waals surface area contributed by atoms with Gasteiger partial charge in [0.25, 0.3) is 0 Å². The van der Waals surface area contributed by atoms with E-state index in [2.05, 4.69) is 21.8 Å². The minimum atomic E-state index is -0.453. The number of amides is 1. The number of rotatable bonds is 6. The summed E-state index contributed by atoms with van der Waals surface area (Å²) >= 11 is 0. The predicted octanol–water partition coefficient (Wildman–Crippen LogP) is 3.14. The Hall–Kier alpha value is -1.52. The lowest BCUT2D eigenvalue weighted by molar-refractivity contribution is 0.0528. The first-order valence-corrected chi connectivity index (χ1v) is 7.79. The Morgan fingerprint density at radius 1 is 1.48 bits per heavy atom. The molecule has 0 aliphatic heterocycles. The Morgan fingerprint density at radius 3 is 2.76 bits per heavy atom. The van der Waals surface area contributed by atoms with Gasteiger partial charge in [0, 0.05) is 31.4 Å². The smallest absolute Gasteiger partial charge is 0.407 e. The fourth-order valence-electron chi connectivity index (χ4n) is 2.47. The molecular weight excluding hydrogens is 266 g/mol. The van der Waals surface area contributed by atoms with Gasteiger partial charge in [0.1, 0.15) is 5.60 Å². The Labute approximate surface area is 127 Å². The van der Waals surface area contributed by atoms with E-state index < -0.39 is 5.60 Å². The summed E-state index contributed by atoms with van der Waals surface area (Å²) in [6, 6.07) is 0. The van der Waals surface area contributed by atoms with Crippen LogP contribution in [0.5, 0.6) is 0 Å². The summed E-state index contributed by atoms with van der Waals surface area (Å²) in [6.07, 6.45) is 8.07. The van der Waals surface area contributed by atoms with Gasteiger partial charge >= 0.3 is 6.09 Å². The van der Waals surface area contributed by atoms with E-state index >= 15 is 0 Å². The molecule has 1 aromatic heterocycles. The number of alkyl carbamates (subject to hydrolysis) is 1. The molecule has 1 saturated carbocycles. The van der Waals surface area contributed by atoms with Crippen LogP contribution in [-0.4, -0.2) is 27.8 Å². The number of ether oxygens (including phenoxy) is 1. The number of hydrogen-bond donors (Lipinski definition) is 1. The Bertz CT molecular complexity index is 484. The second-order valence-electron chi connectivity index (χ2n) is 7.05. The first-order chi connectivity index (χ1) is 9.84. The van der Waals surface area contributed by atoms with Gasteiger partial charge in [0.2, 0.25) is 0 Å². The number of hydrogen-bond acceptors (Lipinski definition) is 3. The Morgan fingerprint density at radius 2 is 2.19 bits per heavy atom. The summed E-state index contributed by atoms with van der Waals surface area (Å²) in [5.41, 5.74) is 1.21. The first-order valence-electron chi connectivity index (χ1n) is 7.79. The Balaban J connectivity index is 1.79. The molecule has 0 saturated heterocycles. The molecule has 0 aromatic carbocycles. The molecule has 5 nitrogen and oxygen atoms in total. The van der Waals surface area contributed by atoms with Gasteiger partial charge in [-0.15, -0.1) is 0 Å². The van der Waals surface area contributed by atoms with Crippen LogP contribution >= 0.6 is 0 Å². The standard InChI is InChI=1S/C16H27N3O2/c1-5-16(7-8-16)11-19-12-17-10-13(19)6-9-18-14(20)21-15(2,3)4/h10,12H,5-9,11H2,1-4H3,(H,18,20). The molecule has 0 bridgehead atoms. The highest BCUT2D eigenvalue weighted by molar-refractivity contribution is 5.67. The van der Waals surface area contributed by atoms with Gasteiger partial charge in [-0.1, -0.05) is 6.92 Å². The third kappa shape index (κ3) is 4.76. The van der Waals surface area contributed by atoms with Crippen LogP contribution in [0.2, 0.25) is 0 Å². The maximum atomic E-state index is 11.6. The minimum absolute atomic E-state index is 0.360. The second kappa shape index (κ2) is 6.08. The normalized spacial score (nSPS) is 16.6. The second-order valence-corrected chi connectivity index (χ2v) is 7.05. The number of imidazole rings is 1. The van der Waals surface area contributed by atoms with E-state index in [9.17, 15) is 4.79 Å². The third-order valence-corrected chi connectivity index (χ3v) is 4.06. The zero-order valence-corrected chi connectivity index (χ0v) is 13.6. The van der Waals surface area contributed by atoms with Crippen LogP contribution < -0.4 is 5.32 Å². The zero-order chi connectivity index (χ0) is 15.5. The largest absolute Gasteiger partial charge is 0.444 e. The van der Waals surface area contributed by atoms with Crippen molar-refractivity contribution in [3.8, 4) is 0 Å². The maximum Gasteiger partial charge on any atom is 0.407 e. The zero-order valence-electron chi connectivity index (χ0n) is 13.6. The number of carbonyl (C=O) groups is 1.